The van der Waals surface area contributed by atoms with Crippen molar-refractivity contribution in [3.05, 3.63) is 50.6 Å². The average molecular weight is 359 g/mol. The molecule has 2 rings (SSSR count). The number of benzene rings is 1. The molecule has 0 atom stereocenters. The molecule has 1 heterocycles. The third-order valence-corrected chi connectivity index (χ3v) is 4.13. The van der Waals surface area contributed by atoms with Gasteiger partial charge in [0.25, 0.3) is 5.91 Å². The van der Waals surface area contributed by atoms with Gasteiger partial charge >= 0.3 is 6.03 Å². The Balaban J connectivity index is 1.72. The molecule has 2 N–H and O–H groups in total. The van der Waals surface area contributed by atoms with Gasteiger partial charge in [0.05, 0.1) is 16.6 Å². The fraction of sp³-hybridized carbons (Fsp3) is 0.143. The quantitative estimate of drug-likeness (QED) is 0.859. The van der Waals surface area contributed by atoms with Crippen molar-refractivity contribution >= 4 is 46.5 Å². The van der Waals surface area contributed by atoms with Crippen LogP contribution in [0.15, 0.2) is 35.7 Å². The third kappa shape index (κ3) is 5.22. The molecule has 22 heavy (non-hydrogen) atoms. The van der Waals surface area contributed by atoms with Crippen LogP contribution < -0.4 is 15.4 Å². The number of ether oxygens (including phenoxy) is 1. The van der Waals surface area contributed by atoms with E-state index in [1.807, 2.05) is 17.5 Å². The summed E-state index contributed by atoms with van der Waals surface area (Å²) in [6.45, 7) is 0.0643. The lowest BCUT2D eigenvalue weighted by Gasteiger charge is -2.08. The molecule has 0 saturated heterocycles. The summed E-state index contributed by atoms with van der Waals surface area (Å²) in [6.07, 6.45) is 0. The Labute approximate surface area is 141 Å². The summed E-state index contributed by atoms with van der Waals surface area (Å²) in [6, 6.07) is 7.84. The van der Waals surface area contributed by atoms with E-state index in [0.717, 1.165) is 4.88 Å². The van der Waals surface area contributed by atoms with Gasteiger partial charge in [0.1, 0.15) is 5.75 Å². The summed E-state index contributed by atoms with van der Waals surface area (Å²) in [5, 5.41) is 7.38. The van der Waals surface area contributed by atoms with Crippen LogP contribution in [0.3, 0.4) is 0 Å². The van der Waals surface area contributed by atoms with E-state index in [2.05, 4.69) is 10.6 Å². The number of hydrogen-bond donors (Lipinski definition) is 2. The van der Waals surface area contributed by atoms with E-state index in [9.17, 15) is 9.59 Å². The van der Waals surface area contributed by atoms with Gasteiger partial charge in [0, 0.05) is 10.9 Å². The number of halogens is 2. The van der Waals surface area contributed by atoms with E-state index in [0.29, 0.717) is 22.3 Å². The largest absolute Gasteiger partial charge is 0.484 e. The second-order valence-corrected chi connectivity index (χ2v) is 6.02. The van der Waals surface area contributed by atoms with Crippen LogP contribution in [0.5, 0.6) is 5.75 Å². The van der Waals surface area contributed by atoms with Gasteiger partial charge in [-0.2, -0.15) is 0 Å². The summed E-state index contributed by atoms with van der Waals surface area (Å²) < 4.78 is 5.22. The zero-order chi connectivity index (χ0) is 15.9. The van der Waals surface area contributed by atoms with Crippen LogP contribution in [0.1, 0.15) is 4.88 Å². The van der Waals surface area contributed by atoms with Gasteiger partial charge in [-0.05, 0) is 23.6 Å². The molecule has 1 aromatic carbocycles. The van der Waals surface area contributed by atoms with Crippen molar-refractivity contribution in [2.75, 3.05) is 6.61 Å². The lowest BCUT2D eigenvalue weighted by Crippen LogP contribution is -2.41. The van der Waals surface area contributed by atoms with Crippen molar-refractivity contribution in [1.82, 2.24) is 10.6 Å². The van der Waals surface area contributed by atoms with Gasteiger partial charge in [-0.15, -0.1) is 11.3 Å². The molecule has 0 radical (unpaired) electrons. The standard InChI is InChI=1S/C14H12Cl2N2O3S/c15-11-4-3-9(6-12(11)16)21-8-13(19)18-14(20)17-7-10-2-1-5-22-10/h1-6H,7-8H2,(H2,17,18,19,20). The zero-order valence-corrected chi connectivity index (χ0v) is 13.6. The number of carbonyl (C=O) groups excluding carboxylic acids is 2. The predicted molar refractivity (Wildman–Crippen MR) is 86.7 cm³/mol. The molecule has 8 heteroatoms. The number of thiophene rings is 1. The summed E-state index contributed by atoms with van der Waals surface area (Å²) in [4.78, 5) is 24.1. The smallest absolute Gasteiger partial charge is 0.321 e. The first-order valence-corrected chi connectivity index (χ1v) is 7.86. The van der Waals surface area contributed by atoms with Crippen molar-refractivity contribution in [2.45, 2.75) is 6.54 Å². The molecule has 0 saturated carbocycles. The number of imide groups is 1. The predicted octanol–water partition coefficient (Wildman–Crippen LogP) is 3.46. The normalized spacial score (nSPS) is 10.1. The van der Waals surface area contributed by atoms with Crippen molar-refractivity contribution in [1.29, 1.82) is 0 Å². The minimum Gasteiger partial charge on any atom is -0.484 e. The van der Waals surface area contributed by atoms with E-state index >= 15 is 0 Å². The Kier molecular flexibility index (Phi) is 6.06. The summed E-state index contributed by atoms with van der Waals surface area (Å²) >= 11 is 13.1. The van der Waals surface area contributed by atoms with Crippen LogP contribution in [-0.2, 0) is 11.3 Å². The zero-order valence-electron chi connectivity index (χ0n) is 11.3. The van der Waals surface area contributed by atoms with Crippen LogP contribution in [0.25, 0.3) is 0 Å². The first-order chi connectivity index (χ1) is 10.5. The minimum absolute atomic E-state index is 0.301. The van der Waals surface area contributed by atoms with E-state index < -0.39 is 11.9 Å². The molecule has 5 nitrogen and oxygen atoms in total. The molecular weight excluding hydrogens is 347 g/mol. The second kappa shape index (κ2) is 8.03. The van der Waals surface area contributed by atoms with Gasteiger partial charge in [0.15, 0.2) is 6.61 Å². The number of hydrogen-bond acceptors (Lipinski definition) is 4. The molecule has 0 aliphatic heterocycles. The highest BCUT2D eigenvalue weighted by Crippen LogP contribution is 2.26. The lowest BCUT2D eigenvalue weighted by atomic mass is 10.3. The number of amides is 3. The van der Waals surface area contributed by atoms with Crippen molar-refractivity contribution < 1.29 is 14.3 Å². The summed E-state index contributed by atoms with van der Waals surface area (Å²) in [5.41, 5.74) is 0. The first-order valence-electron chi connectivity index (χ1n) is 6.22. The van der Waals surface area contributed by atoms with Gasteiger partial charge in [-0.25, -0.2) is 4.79 Å². The van der Waals surface area contributed by atoms with Gasteiger partial charge in [-0.3, -0.25) is 10.1 Å². The average Bonchev–Trinajstić information content (AvgIpc) is 3.00. The molecule has 0 aliphatic rings. The van der Waals surface area contributed by atoms with Crippen molar-refractivity contribution in [2.24, 2.45) is 0 Å². The maximum Gasteiger partial charge on any atom is 0.321 e. The van der Waals surface area contributed by atoms with E-state index in [1.54, 1.807) is 12.1 Å². The van der Waals surface area contributed by atoms with E-state index in [1.165, 1.54) is 17.4 Å². The lowest BCUT2D eigenvalue weighted by molar-refractivity contribution is -0.122. The molecule has 0 fully saturated rings. The molecule has 3 amide bonds. The molecule has 0 aliphatic carbocycles. The van der Waals surface area contributed by atoms with E-state index in [4.69, 9.17) is 27.9 Å². The van der Waals surface area contributed by atoms with Crippen LogP contribution in [0.2, 0.25) is 10.0 Å². The highest BCUT2D eigenvalue weighted by molar-refractivity contribution is 7.09. The van der Waals surface area contributed by atoms with Crippen LogP contribution in [-0.4, -0.2) is 18.5 Å². The van der Waals surface area contributed by atoms with Gasteiger partial charge in [0.2, 0.25) is 0 Å². The maximum atomic E-state index is 11.6. The summed E-state index contributed by atoms with van der Waals surface area (Å²) in [5.74, 6) is -0.168. The van der Waals surface area contributed by atoms with Crippen molar-refractivity contribution in [3.63, 3.8) is 0 Å². The molecule has 1 aromatic heterocycles. The van der Waals surface area contributed by atoms with Crippen LogP contribution in [0.4, 0.5) is 4.79 Å². The Morgan fingerprint density at radius 1 is 1.18 bits per heavy atom. The fourth-order valence-corrected chi connectivity index (χ4v) is 2.44. The van der Waals surface area contributed by atoms with E-state index in [-0.39, 0.29) is 6.61 Å². The van der Waals surface area contributed by atoms with Gasteiger partial charge < -0.3 is 10.1 Å². The number of carbonyl (C=O) groups is 2. The number of nitrogens with one attached hydrogen (secondary N) is 2. The fourth-order valence-electron chi connectivity index (χ4n) is 1.50. The maximum absolute atomic E-state index is 11.6. The number of rotatable bonds is 5. The summed E-state index contributed by atoms with van der Waals surface area (Å²) in [7, 11) is 0. The van der Waals surface area contributed by atoms with Gasteiger partial charge in [-0.1, -0.05) is 29.3 Å². The monoisotopic (exact) mass is 358 g/mol. The van der Waals surface area contributed by atoms with Crippen LogP contribution >= 0.6 is 34.5 Å². The molecule has 2 aromatic rings. The minimum atomic E-state index is -0.573. The molecule has 0 unspecified atom stereocenters. The first kappa shape index (κ1) is 16.6. The Morgan fingerprint density at radius 3 is 2.68 bits per heavy atom. The third-order valence-electron chi connectivity index (χ3n) is 2.52. The molecule has 116 valence electrons. The Bertz CT molecular complexity index is 662. The molecule has 0 bridgehead atoms. The SMILES string of the molecule is O=C(COc1ccc(Cl)c(Cl)c1)NC(=O)NCc1cccs1. The molecule has 0 spiro atoms. The highest BCUT2D eigenvalue weighted by atomic mass is 35.5. The topological polar surface area (TPSA) is 67.4 Å². The second-order valence-electron chi connectivity index (χ2n) is 4.17. The Morgan fingerprint density at radius 2 is 2.00 bits per heavy atom. The Hall–Kier alpha value is -1.76. The van der Waals surface area contributed by atoms with Crippen molar-refractivity contribution in [3.8, 4) is 5.75 Å². The van der Waals surface area contributed by atoms with Crippen LogP contribution in [0, 0.1) is 0 Å². The molecular formula is C14H12Cl2N2O3S. The number of urea groups is 1. The highest BCUT2D eigenvalue weighted by Gasteiger charge is 2.09.